The molecule has 0 saturated heterocycles. The molecule has 1 aromatic heterocycles. The summed E-state index contributed by atoms with van der Waals surface area (Å²) in [7, 11) is 1.84. The van der Waals surface area contributed by atoms with Crippen molar-refractivity contribution in [2.75, 3.05) is 6.54 Å². The SMILES string of the molecule is CC(O)CNCc1cnnn1C. The molecule has 2 N–H and O–H groups in total. The maximum atomic E-state index is 8.95. The standard InChI is InChI=1S/C7H14N4O/c1-6(12)3-8-4-7-5-9-10-11(7)2/h5-6,8,12H,3-4H2,1-2H3. The normalized spacial score (nSPS) is 13.2. The van der Waals surface area contributed by atoms with Crippen LogP contribution in [0.3, 0.4) is 0 Å². The van der Waals surface area contributed by atoms with Crippen LogP contribution in [0, 0.1) is 0 Å². The first-order valence-electron chi connectivity index (χ1n) is 3.92. The molecule has 0 fully saturated rings. The van der Waals surface area contributed by atoms with Gasteiger partial charge in [0.25, 0.3) is 0 Å². The number of hydrogen-bond acceptors (Lipinski definition) is 4. The molecular weight excluding hydrogens is 156 g/mol. The Morgan fingerprint density at radius 1 is 1.75 bits per heavy atom. The Balaban J connectivity index is 2.29. The number of hydrogen-bond donors (Lipinski definition) is 2. The minimum absolute atomic E-state index is 0.314. The van der Waals surface area contributed by atoms with Crippen molar-refractivity contribution in [3.8, 4) is 0 Å². The van der Waals surface area contributed by atoms with E-state index in [0.717, 1.165) is 5.69 Å². The van der Waals surface area contributed by atoms with E-state index in [1.54, 1.807) is 17.8 Å². The van der Waals surface area contributed by atoms with Crippen molar-refractivity contribution >= 4 is 0 Å². The molecule has 1 rings (SSSR count). The molecule has 1 atom stereocenters. The quantitative estimate of drug-likeness (QED) is 0.626. The van der Waals surface area contributed by atoms with Crippen LogP contribution < -0.4 is 5.32 Å². The second-order valence-corrected chi connectivity index (χ2v) is 2.83. The number of nitrogens with one attached hydrogen (secondary N) is 1. The van der Waals surface area contributed by atoms with E-state index in [4.69, 9.17) is 5.11 Å². The van der Waals surface area contributed by atoms with Crippen molar-refractivity contribution < 1.29 is 5.11 Å². The van der Waals surface area contributed by atoms with Crippen LogP contribution >= 0.6 is 0 Å². The molecule has 5 heteroatoms. The Morgan fingerprint density at radius 2 is 2.50 bits per heavy atom. The van der Waals surface area contributed by atoms with Gasteiger partial charge in [0.05, 0.1) is 18.0 Å². The molecule has 0 saturated carbocycles. The molecule has 0 aliphatic rings. The van der Waals surface area contributed by atoms with Gasteiger partial charge in [0.15, 0.2) is 0 Å². The van der Waals surface area contributed by atoms with Crippen LogP contribution in [0.4, 0.5) is 0 Å². The average molecular weight is 170 g/mol. The van der Waals surface area contributed by atoms with Gasteiger partial charge < -0.3 is 10.4 Å². The van der Waals surface area contributed by atoms with Gasteiger partial charge in [0, 0.05) is 20.1 Å². The number of aryl methyl sites for hydroxylation is 1. The molecule has 5 nitrogen and oxygen atoms in total. The fraction of sp³-hybridized carbons (Fsp3) is 0.714. The predicted octanol–water partition coefficient (Wildman–Crippen LogP) is -0.715. The Kier molecular flexibility index (Phi) is 3.19. The maximum absolute atomic E-state index is 8.95. The van der Waals surface area contributed by atoms with E-state index in [1.807, 2.05) is 7.05 Å². The van der Waals surface area contributed by atoms with E-state index in [-0.39, 0.29) is 6.10 Å². The monoisotopic (exact) mass is 170 g/mol. The van der Waals surface area contributed by atoms with Crippen LogP contribution in [-0.2, 0) is 13.6 Å². The molecular formula is C7H14N4O. The summed E-state index contributed by atoms with van der Waals surface area (Å²) in [6.07, 6.45) is 1.39. The van der Waals surface area contributed by atoms with Crippen molar-refractivity contribution in [2.45, 2.75) is 19.6 Å². The van der Waals surface area contributed by atoms with Crippen LogP contribution in [0.1, 0.15) is 12.6 Å². The summed E-state index contributed by atoms with van der Waals surface area (Å²) in [6, 6.07) is 0. The summed E-state index contributed by atoms with van der Waals surface area (Å²) in [5.41, 5.74) is 1.01. The van der Waals surface area contributed by atoms with E-state index in [9.17, 15) is 0 Å². The number of nitrogens with zero attached hydrogens (tertiary/aromatic N) is 3. The van der Waals surface area contributed by atoms with E-state index in [1.165, 1.54) is 0 Å². The van der Waals surface area contributed by atoms with E-state index in [0.29, 0.717) is 13.1 Å². The van der Waals surface area contributed by atoms with Crippen molar-refractivity contribution in [3.05, 3.63) is 11.9 Å². The highest BCUT2D eigenvalue weighted by Gasteiger charge is 1.99. The lowest BCUT2D eigenvalue weighted by Gasteiger charge is -2.05. The largest absolute Gasteiger partial charge is 0.392 e. The topological polar surface area (TPSA) is 63.0 Å². The predicted molar refractivity (Wildman–Crippen MR) is 44.4 cm³/mol. The lowest BCUT2D eigenvalue weighted by atomic mass is 10.4. The van der Waals surface area contributed by atoms with Gasteiger partial charge in [0.2, 0.25) is 0 Å². The number of aromatic nitrogens is 3. The zero-order chi connectivity index (χ0) is 8.97. The summed E-state index contributed by atoms with van der Waals surface area (Å²) in [5, 5.41) is 19.5. The summed E-state index contributed by atoms with van der Waals surface area (Å²) in [6.45, 7) is 3.02. The van der Waals surface area contributed by atoms with Crippen LogP contribution in [-0.4, -0.2) is 32.7 Å². The van der Waals surface area contributed by atoms with Gasteiger partial charge >= 0.3 is 0 Å². The average Bonchev–Trinajstić information content (AvgIpc) is 2.36. The molecule has 12 heavy (non-hydrogen) atoms. The van der Waals surface area contributed by atoms with Crippen molar-refractivity contribution in [2.24, 2.45) is 7.05 Å². The van der Waals surface area contributed by atoms with Gasteiger partial charge in [-0.3, -0.25) is 4.68 Å². The first-order valence-corrected chi connectivity index (χ1v) is 3.92. The number of rotatable bonds is 4. The van der Waals surface area contributed by atoms with Crippen LogP contribution in [0.5, 0.6) is 0 Å². The molecule has 1 unspecified atom stereocenters. The summed E-state index contributed by atoms with van der Waals surface area (Å²) in [5.74, 6) is 0. The van der Waals surface area contributed by atoms with Gasteiger partial charge in [0.1, 0.15) is 0 Å². The highest BCUT2D eigenvalue weighted by Crippen LogP contribution is 1.91. The minimum Gasteiger partial charge on any atom is -0.392 e. The van der Waals surface area contributed by atoms with Gasteiger partial charge in [-0.05, 0) is 6.92 Å². The molecule has 1 aromatic rings. The van der Waals surface area contributed by atoms with Crippen molar-refractivity contribution in [1.82, 2.24) is 20.3 Å². The lowest BCUT2D eigenvalue weighted by molar-refractivity contribution is 0.190. The third kappa shape index (κ3) is 2.60. The smallest absolute Gasteiger partial charge is 0.0738 e. The lowest BCUT2D eigenvalue weighted by Crippen LogP contribution is -2.24. The highest BCUT2D eigenvalue weighted by molar-refractivity contribution is 4.92. The van der Waals surface area contributed by atoms with E-state index in [2.05, 4.69) is 15.6 Å². The van der Waals surface area contributed by atoms with Crippen LogP contribution in [0.25, 0.3) is 0 Å². The molecule has 0 amide bonds. The Labute approximate surface area is 71.4 Å². The Bertz CT molecular complexity index is 233. The summed E-state index contributed by atoms with van der Waals surface area (Å²) in [4.78, 5) is 0. The van der Waals surface area contributed by atoms with Gasteiger partial charge in [-0.2, -0.15) is 0 Å². The maximum Gasteiger partial charge on any atom is 0.0738 e. The molecule has 1 heterocycles. The van der Waals surface area contributed by atoms with E-state index < -0.39 is 0 Å². The molecule has 0 bridgehead atoms. The fourth-order valence-corrected chi connectivity index (χ4v) is 0.880. The van der Waals surface area contributed by atoms with Gasteiger partial charge in [-0.25, -0.2) is 0 Å². The minimum atomic E-state index is -0.314. The van der Waals surface area contributed by atoms with Gasteiger partial charge in [-0.15, -0.1) is 5.10 Å². The molecule has 0 aromatic carbocycles. The zero-order valence-corrected chi connectivity index (χ0v) is 7.36. The zero-order valence-electron chi connectivity index (χ0n) is 7.36. The number of aliphatic hydroxyl groups is 1. The molecule has 0 radical (unpaired) electrons. The number of aliphatic hydroxyl groups excluding tert-OH is 1. The first kappa shape index (κ1) is 9.15. The second kappa shape index (κ2) is 4.18. The molecule has 68 valence electrons. The van der Waals surface area contributed by atoms with Gasteiger partial charge in [-0.1, -0.05) is 5.21 Å². The van der Waals surface area contributed by atoms with Crippen LogP contribution in [0.15, 0.2) is 6.20 Å². The summed E-state index contributed by atoms with van der Waals surface area (Å²) >= 11 is 0. The summed E-state index contributed by atoms with van der Waals surface area (Å²) < 4.78 is 1.70. The fourth-order valence-electron chi connectivity index (χ4n) is 0.880. The molecule has 0 aliphatic heterocycles. The first-order chi connectivity index (χ1) is 5.70. The highest BCUT2D eigenvalue weighted by atomic mass is 16.3. The third-order valence-corrected chi connectivity index (χ3v) is 1.55. The Hall–Kier alpha value is -0.940. The molecule has 0 aliphatic carbocycles. The second-order valence-electron chi connectivity index (χ2n) is 2.83. The van der Waals surface area contributed by atoms with Crippen LogP contribution in [0.2, 0.25) is 0 Å². The molecule has 0 spiro atoms. The Morgan fingerprint density at radius 3 is 3.00 bits per heavy atom. The van der Waals surface area contributed by atoms with Crippen molar-refractivity contribution in [3.63, 3.8) is 0 Å². The third-order valence-electron chi connectivity index (χ3n) is 1.55. The van der Waals surface area contributed by atoms with Crippen molar-refractivity contribution in [1.29, 1.82) is 0 Å². The van der Waals surface area contributed by atoms with E-state index >= 15 is 0 Å².